The van der Waals surface area contributed by atoms with Crippen LogP contribution in [0.4, 0.5) is 0 Å². The first-order valence-corrected chi connectivity index (χ1v) is 9.81. The van der Waals surface area contributed by atoms with Crippen LogP contribution < -0.4 is 0 Å². The molecule has 0 spiro atoms. The molecule has 0 saturated carbocycles. The van der Waals surface area contributed by atoms with E-state index in [1.165, 1.54) is 17.5 Å². The van der Waals surface area contributed by atoms with Crippen LogP contribution in [-0.2, 0) is 0 Å². The highest BCUT2D eigenvalue weighted by Gasteiger charge is 2.26. The molecule has 0 aliphatic carbocycles. The minimum atomic E-state index is 0.255. The van der Waals surface area contributed by atoms with Gasteiger partial charge < -0.3 is 0 Å². The number of hydrogen-bond acceptors (Lipinski definition) is 2. The van der Waals surface area contributed by atoms with Crippen LogP contribution in [-0.4, -0.2) is 9.97 Å². The highest BCUT2D eigenvalue weighted by Crippen LogP contribution is 2.40. The fourth-order valence-corrected chi connectivity index (χ4v) is 3.66. The van der Waals surface area contributed by atoms with Gasteiger partial charge in [-0.25, -0.2) is 0 Å². The lowest BCUT2D eigenvalue weighted by molar-refractivity contribution is 0.280. The van der Waals surface area contributed by atoms with Crippen LogP contribution >= 0.6 is 0 Å². The SMILES string of the molecule is CC(C)CC(c1ccc(-c2cc(-c3ccncc3)ccn2)cc1)C(C)(C)C. The molecule has 1 unspecified atom stereocenters. The van der Waals surface area contributed by atoms with Crippen molar-refractivity contribution in [3.63, 3.8) is 0 Å². The quantitative estimate of drug-likeness (QED) is 0.491. The number of benzene rings is 1. The Balaban J connectivity index is 1.89. The Labute approximate surface area is 163 Å². The molecule has 1 atom stereocenters. The third kappa shape index (κ3) is 4.82. The smallest absolute Gasteiger partial charge is 0.0708 e. The molecule has 27 heavy (non-hydrogen) atoms. The van der Waals surface area contributed by atoms with Gasteiger partial charge in [-0.05, 0) is 64.6 Å². The molecule has 0 bridgehead atoms. The molecular weight excluding hydrogens is 328 g/mol. The topological polar surface area (TPSA) is 25.8 Å². The second-order valence-corrected chi connectivity index (χ2v) is 8.84. The van der Waals surface area contributed by atoms with E-state index in [4.69, 9.17) is 0 Å². The minimum Gasteiger partial charge on any atom is -0.265 e. The summed E-state index contributed by atoms with van der Waals surface area (Å²) in [4.78, 5) is 8.69. The molecule has 2 heteroatoms. The summed E-state index contributed by atoms with van der Waals surface area (Å²) in [6.07, 6.45) is 6.74. The van der Waals surface area contributed by atoms with Gasteiger partial charge in [0, 0.05) is 24.2 Å². The molecule has 1 aromatic carbocycles. The lowest BCUT2D eigenvalue weighted by Crippen LogP contribution is -2.20. The molecule has 3 aromatic rings. The number of aromatic nitrogens is 2. The number of hydrogen-bond donors (Lipinski definition) is 0. The Morgan fingerprint density at radius 3 is 2.00 bits per heavy atom. The van der Waals surface area contributed by atoms with Crippen molar-refractivity contribution in [2.75, 3.05) is 0 Å². The maximum atomic E-state index is 4.59. The summed E-state index contributed by atoms with van der Waals surface area (Å²) < 4.78 is 0. The van der Waals surface area contributed by atoms with Gasteiger partial charge in [-0.3, -0.25) is 9.97 Å². The molecule has 0 radical (unpaired) electrons. The zero-order valence-corrected chi connectivity index (χ0v) is 17.1. The Morgan fingerprint density at radius 2 is 1.41 bits per heavy atom. The second-order valence-electron chi connectivity index (χ2n) is 8.84. The van der Waals surface area contributed by atoms with Crippen molar-refractivity contribution >= 4 is 0 Å². The average Bonchev–Trinajstić information content (AvgIpc) is 2.66. The third-order valence-corrected chi connectivity index (χ3v) is 5.13. The Hall–Kier alpha value is -2.48. The minimum absolute atomic E-state index is 0.255. The summed E-state index contributed by atoms with van der Waals surface area (Å²) in [5.41, 5.74) is 6.17. The molecule has 0 fully saturated rings. The van der Waals surface area contributed by atoms with Gasteiger partial charge in [-0.2, -0.15) is 0 Å². The van der Waals surface area contributed by atoms with Crippen LogP contribution in [0.5, 0.6) is 0 Å². The summed E-state index contributed by atoms with van der Waals surface area (Å²) >= 11 is 0. The number of nitrogens with zero attached hydrogens (tertiary/aromatic N) is 2. The van der Waals surface area contributed by atoms with Gasteiger partial charge >= 0.3 is 0 Å². The van der Waals surface area contributed by atoms with Gasteiger partial charge in [0.2, 0.25) is 0 Å². The molecule has 3 rings (SSSR count). The van der Waals surface area contributed by atoms with Crippen LogP contribution in [0.2, 0.25) is 0 Å². The van der Waals surface area contributed by atoms with E-state index in [1.807, 2.05) is 36.8 Å². The lowest BCUT2D eigenvalue weighted by Gasteiger charge is -2.32. The van der Waals surface area contributed by atoms with Gasteiger partial charge in [0.25, 0.3) is 0 Å². The highest BCUT2D eigenvalue weighted by atomic mass is 14.7. The monoisotopic (exact) mass is 358 g/mol. The van der Waals surface area contributed by atoms with E-state index >= 15 is 0 Å². The number of pyridine rings is 2. The van der Waals surface area contributed by atoms with E-state index in [0.717, 1.165) is 16.8 Å². The normalized spacial score (nSPS) is 13.0. The van der Waals surface area contributed by atoms with E-state index in [1.54, 1.807) is 0 Å². The van der Waals surface area contributed by atoms with Crippen molar-refractivity contribution in [3.8, 4) is 22.4 Å². The van der Waals surface area contributed by atoms with Crippen molar-refractivity contribution in [1.29, 1.82) is 0 Å². The summed E-state index contributed by atoms with van der Waals surface area (Å²) in [6, 6.07) is 17.3. The largest absolute Gasteiger partial charge is 0.265 e. The maximum Gasteiger partial charge on any atom is 0.0708 e. The van der Waals surface area contributed by atoms with Crippen LogP contribution in [0.3, 0.4) is 0 Å². The maximum absolute atomic E-state index is 4.59. The predicted octanol–water partition coefficient (Wildman–Crippen LogP) is 6.99. The molecule has 0 aliphatic heterocycles. The molecule has 0 N–H and O–H groups in total. The van der Waals surface area contributed by atoms with Gasteiger partial charge in [0.15, 0.2) is 0 Å². The van der Waals surface area contributed by atoms with Crippen molar-refractivity contribution < 1.29 is 0 Å². The Kier molecular flexibility index (Phi) is 5.74. The van der Waals surface area contributed by atoms with E-state index in [-0.39, 0.29) is 5.41 Å². The summed E-state index contributed by atoms with van der Waals surface area (Å²) in [5.74, 6) is 1.25. The van der Waals surface area contributed by atoms with Crippen LogP contribution in [0, 0.1) is 11.3 Å². The first-order chi connectivity index (χ1) is 12.8. The van der Waals surface area contributed by atoms with Crippen molar-refractivity contribution in [1.82, 2.24) is 9.97 Å². The molecular formula is C25H30N2. The fourth-order valence-electron chi connectivity index (χ4n) is 3.66. The van der Waals surface area contributed by atoms with Gasteiger partial charge in [0.1, 0.15) is 0 Å². The van der Waals surface area contributed by atoms with E-state index in [0.29, 0.717) is 11.8 Å². The second kappa shape index (κ2) is 8.04. The van der Waals surface area contributed by atoms with Crippen LogP contribution in [0.25, 0.3) is 22.4 Å². The van der Waals surface area contributed by atoms with Crippen molar-refractivity contribution in [2.24, 2.45) is 11.3 Å². The predicted molar refractivity (Wildman–Crippen MR) is 115 cm³/mol. The average molecular weight is 359 g/mol. The third-order valence-electron chi connectivity index (χ3n) is 5.13. The van der Waals surface area contributed by atoms with Gasteiger partial charge in [0.05, 0.1) is 5.69 Å². The molecule has 2 aromatic heterocycles. The zero-order chi connectivity index (χ0) is 19.4. The first-order valence-electron chi connectivity index (χ1n) is 9.81. The molecule has 0 aliphatic rings. The van der Waals surface area contributed by atoms with E-state index in [2.05, 4.69) is 74.9 Å². The first kappa shape index (κ1) is 19.3. The lowest BCUT2D eigenvalue weighted by atomic mass is 9.72. The summed E-state index contributed by atoms with van der Waals surface area (Å²) in [5, 5.41) is 0. The van der Waals surface area contributed by atoms with E-state index in [9.17, 15) is 0 Å². The molecule has 0 amide bonds. The van der Waals surface area contributed by atoms with Gasteiger partial charge in [-0.1, -0.05) is 58.9 Å². The summed E-state index contributed by atoms with van der Waals surface area (Å²) in [7, 11) is 0. The van der Waals surface area contributed by atoms with Gasteiger partial charge in [-0.15, -0.1) is 0 Å². The van der Waals surface area contributed by atoms with Crippen molar-refractivity contribution in [2.45, 2.75) is 47.0 Å². The van der Waals surface area contributed by atoms with E-state index < -0.39 is 0 Å². The fraction of sp³-hybridized carbons (Fsp3) is 0.360. The summed E-state index contributed by atoms with van der Waals surface area (Å²) in [6.45, 7) is 11.6. The molecule has 140 valence electrons. The Bertz CT molecular complexity index is 859. The van der Waals surface area contributed by atoms with Crippen molar-refractivity contribution in [3.05, 3.63) is 72.7 Å². The zero-order valence-electron chi connectivity index (χ0n) is 17.1. The number of rotatable bonds is 5. The molecule has 2 heterocycles. The molecule has 2 nitrogen and oxygen atoms in total. The van der Waals surface area contributed by atoms with Crippen LogP contribution in [0.1, 0.15) is 52.5 Å². The molecule has 0 saturated heterocycles. The standard InChI is InChI=1S/C25H30N2/c1-18(2)16-23(25(3,4)5)20-6-8-21(9-7-20)24-17-22(12-15-27-24)19-10-13-26-14-11-19/h6-15,17-18,23H,16H2,1-5H3. The Morgan fingerprint density at radius 1 is 0.778 bits per heavy atom. The highest BCUT2D eigenvalue weighted by molar-refractivity contribution is 5.70. The van der Waals surface area contributed by atoms with Crippen LogP contribution in [0.15, 0.2) is 67.1 Å².